The molecule has 2 nitrogen and oxygen atoms in total. The predicted octanol–water partition coefficient (Wildman–Crippen LogP) is 2.78. The zero-order valence-corrected chi connectivity index (χ0v) is 8.82. The highest BCUT2D eigenvalue weighted by Crippen LogP contribution is 2.32. The fraction of sp³-hybridized carbons (Fsp3) is 0. The highest BCUT2D eigenvalue weighted by atomic mass is 31.1. The molecule has 0 aliphatic heterocycles. The molecule has 15 heavy (non-hydrogen) atoms. The van der Waals surface area contributed by atoms with Gasteiger partial charge in [0, 0.05) is 10.8 Å². The lowest BCUT2D eigenvalue weighted by Gasteiger charge is -2.00. The summed E-state index contributed by atoms with van der Waals surface area (Å²) in [7, 11) is -1.62. The number of hydrogen-bond acceptors (Lipinski definition) is 2. The van der Waals surface area contributed by atoms with Crippen LogP contribution in [0, 0.1) is 0 Å². The first-order valence-corrected chi connectivity index (χ1v) is 5.95. The van der Waals surface area contributed by atoms with Gasteiger partial charge in [0.15, 0.2) is 5.12 Å². The summed E-state index contributed by atoms with van der Waals surface area (Å²) in [5.41, 5.74) is 0.831. The van der Waals surface area contributed by atoms with E-state index in [1.165, 1.54) is 0 Å². The van der Waals surface area contributed by atoms with E-state index in [0.29, 0.717) is 0 Å². The zero-order valence-electron chi connectivity index (χ0n) is 7.92. The lowest BCUT2D eigenvalue weighted by molar-refractivity contribution is -0.151. The zero-order chi connectivity index (χ0) is 10.3. The van der Waals surface area contributed by atoms with E-state index in [0.717, 1.165) is 21.4 Å². The minimum Gasteiger partial charge on any atom is -0.607 e. The van der Waals surface area contributed by atoms with Gasteiger partial charge in [-0.25, -0.2) is 0 Å². The maximum absolute atomic E-state index is 11.8. The average Bonchev–Trinajstić information content (AvgIpc) is 2.30. The second-order valence-electron chi connectivity index (χ2n) is 3.41. The third kappa shape index (κ3) is 1.30. The Labute approximate surface area is 88.0 Å². The summed E-state index contributed by atoms with van der Waals surface area (Å²) in [4.78, 5) is 11.8. The quantitative estimate of drug-likeness (QED) is 0.538. The van der Waals surface area contributed by atoms with Gasteiger partial charge in [0.2, 0.25) is 7.92 Å². The van der Waals surface area contributed by atoms with E-state index in [4.69, 9.17) is 0 Å². The number of rotatable bonds is 0. The van der Waals surface area contributed by atoms with Crippen LogP contribution in [-0.4, -0.2) is 4.75 Å². The van der Waals surface area contributed by atoms with Crippen LogP contribution in [0.2, 0.25) is 0 Å². The molecule has 3 rings (SSSR count). The van der Waals surface area contributed by atoms with Crippen molar-refractivity contribution in [3.8, 4) is 0 Å². The van der Waals surface area contributed by atoms with Crippen molar-refractivity contribution in [1.29, 1.82) is 0 Å². The summed E-state index contributed by atoms with van der Waals surface area (Å²) >= 11 is 0. The Morgan fingerprint density at radius 3 is 2.40 bits per heavy atom. The van der Waals surface area contributed by atoms with Crippen LogP contribution in [-0.2, 0) is 0 Å². The molecule has 0 fully saturated rings. The van der Waals surface area contributed by atoms with Crippen molar-refractivity contribution >= 4 is 29.3 Å². The number of fused-ring (bicyclic) bond motifs is 3. The second-order valence-corrected chi connectivity index (χ2v) is 4.63. The van der Waals surface area contributed by atoms with E-state index in [2.05, 4.69) is 4.75 Å². The Morgan fingerprint density at radius 1 is 0.867 bits per heavy atom. The standard InChI is InChI=1S/C12H8NOP/c14-15-12-8-4-2-6-10(12)9-5-1-3-7-11(9)13-15/h1-8H. The molecule has 1 unspecified atom stereocenters. The normalized spacial score (nSPS) is 12.2. The van der Waals surface area contributed by atoms with Gasteiger partial charge in [0.05, 0.1) is 0 Å². The van der Waals surface area contributed by atoms with E-state index < -0.39 is 7.92 Å². The molecule has 0 radical (unpaired) electrons. The number of nitrogens with zero attached hydrogens (tertiary/aromatic N) is 1. The maximum Gasteiger partial charge on any atom is 0.210 e. The Morgan fingerprint density at radius 2 is 1.53 bits per heavy atom. The third-order valence-corrected chi connectivity index (χ3v) is 3.70. The molecule has 0 bridgehead atoms. The Bertz CT molecular complexity index is 651. The van der Waals surface area contributed by atoms with E-state index in [1.54, 1.807) is 0 Å². The Balaban J connectivity index is 2.64. The summed E-state index contributed by atoms with van der Waals surface area (Å²) in [6, 6.07) is 15.5. The van der Waals surface area contributed by atoms with Crippen LogP contribution in [0.25, 0.3) is 21.4 Å². The molecule has 0 spiro atoms. The van der Waals surface area contributed by atoms with E-state index in [-0.39, 0.29) is 0 Å². The summed E-state index contributed by atoms with van der Waals surface area (Å²) in [6.45, 7) is 0. The second kappa shape index (κ2) is 3.27. The fourth-order valence-corrected chi connectivity index (χ4v) is 2.90. The minimum absolute atomic E-state index is 0.831. The van der Waals surface area contributed by atoms with Crippen LogP contribution in [0.5, 0.6) is 0 Å². The van der Waals surface area contributed by atoms with E-state index in [9.17, 15) is 4.89 Å². The highest BCUT2D eigenvalue weighted by molar-refractivity contribution is 7.44. The largest absolute Gasteiger partial charge is 0.607 e. The predicted molar refractivity (Wildman–Crippen MR) is 61.8 cm³/mol. The Kier molecular flexibility index (Phi) is 1.91. The van der Waals surface area contributed by atoms with Crippen molar-refractivity contribution < 1.29 is 4.89 Å². The van der Waals surface area contributed by atoms with Gasteiger partial charge in [0.25, 0.3) is 0 Å². The summed E-state index contributed by atoms with van der Waals surface area (Å²) < 4.78 is 4.20. The van der Waals surface area contributed by atoms with Gasteiger partial charge in [-0.15, -0.1) is 0 Å². The van der Waals surface area contributed by atoms with Gasteiger partial charge in [0.1, 0.15) is 5.52 Å². The SMILES string of the molecule is [O-][p+]1nc2ccccc2c2ccccc21. The van der Waals surface area contributed by atoms with E-state index >= 15 is 0 Å². The van der Waals surface area contributed by atoms with Gasteiger partial charge in [-0.3, -0.25) is 0 Å². The smallest absolute Gasteiger partial charge is 0.210 e. The van der Waals surface area contributed by atoms with Gasteiger partial charge in [-0.05, 0) is 18.2 Å². The maximum atomic E-state index is 11.8. The van der Waals surface area contributed by atoms with Crippen LogP contribution in [0.3, 0.4) is 0 Å². The number of hydrogen-bond donors (Lipinski definition) is 0. The molecule has 0 aliphatic carbocycles. The molecular formula is C12H8NOP. The average molecular weight is 213 g/mol. The first kappa shape index (κ1) is 8.78. The van der Waals surface area contributed by atoms with Crippen molar-refractivity contribution in [3.63, 3.8) is 0 Å². The van der Waals surface area contributed by atoms with Crippen molar-refractivity contribution in [3.05, 3.63) is 48.5 Å². The monoisotopic (exact) mass is 213 g/mol. The molecule has 0 saturated heterocycles. The van der Waals surface area contributed by atoms with Crippen LogP contribution in [0.1, 0.15) is 0 Å². The van der Waals surface area contributed by atoms with Gasteiger partial charge >= 0.3 is 0 Å². The van der Waals surface area contributed by atoms with Crippen LogP contribution in [0.15, 0.2) is 48.5 Å². The number of benzene rings is 2. The Hall–Kier alpha value is -1.50. The molecular weight excluding hydrogens is 205 g/mol. The molecule has 0 N–H and O–H groups in total. The third-order valence-electron chi connectivity index (χ3n) is 2.50. The molecule has 0 amide bonds. The first-order chi connectivity index (χ1) is 7.36. The molecule has 3 heteroatoms. The van der Waals surface area contributed by atoms with Crippen molar-refractivity contribution in [2.45, 2.75) is 0 Å². The van der Waals surface area contributed by atoms with Crippen molar-refractivity contribution in [2.24, 2.45) is 0 Å². The molecule has 1 heterocycles. The molecule has 1 atom stereocenters. The van der Waals surface area contributed by atoms with Crippen LogP contribution in [0.4, 0.5) is 0 Å². The van der Waals surface area contributed by atoms with Crippen molar-refractivity contribution in [2.75, 3.05) is 0 Å². The molecule has 2 aromatic carbocycles. The fourth-order valence-electron chi connectivity index (χ4n) is 1.81. The van der Waals surface area contributed by atoms with Gasteiger partial charge in [-0.1, -0.05) is 35.1 Å². The molecule has 3 aromatic rings. The molecule has 72 valence electrons. The topological polar surface area (TPSA) is 36.0 Å². The lowest BCUT2D eigenvalue weighted by Crippen LogP contribution is -1.90. The summed E-state index contributed by atoms with van der Waals surface area (Å²) in [6.07, 6.45) is 0. The van der Waals surface area contributed by atoms with Crippen LogP contribution >= 0.6 is 7.92 Å². The first-order valence-electron chi connectivity index (χ1n) is 4.73. The molecule has 0 saturated carbocycles. The molecule has 1 aromatic heterocycles. The lowest BCUT2D eigenvalue weighted by atomic mass is 10.1. The number of aromatic nitrogens is 1. The summed E-state index contributed by atoms with van der Waals surface area (Å²) in [5.74, 6) is 0. The summed E-state index contributed by atoms with van der Waals surface area (Å²) in [5, 5.41) is 2.96. The van der Waals surface area contributed by atoms with Crippen molar-refractivity contribution in [1.82, 2.24) is 4.75 Å². The molecule has 0 aliphatic rings. The van der Waals surface area contributed by atoms with Crippen LogP contribution < -0.4 is 4.89 Å². The minimum atomic E-state index is -1.62. The highest BCUT2D eigenvalue weighted by Gasteiger charge is 2.09. The van der Waals surface area contributed by atoms with Gasteiger partial charge in [-0.2, -0.15) is 0 Å². The van der Waals surface area contributed by atoms with E-state index in [1.807, 2.05) is 48.5 Å². The van der Waals surface area contributed by atoms with Gasteiger partial charge < -0.3 is 4.89 Å².